The maximum absolute atomic E-state index is 12.0. The summed E-state index contributed by atoms with van der Waals surface area (Å²) in [6.45, 7) is 8.00. The fourth-order valence-electron chi connectivity index (χ4n) is 2.00. The van der Waals surface area contributed by atoms with Gasteiger partial charge in [-0.3, -0.25) is 4.79 Å². The highest BCUT2D eigenvalue weighted by Crippen LogP contribution is 2.29. The molecule has 0 spiro atoms. The van der Waals surface area contributed by atoms with Gasteiger partial charge in [-0.05, 0) is 51.5 Å². The summed E-state index contributed by atoms with van der Waals surface area (Å²) in [5.74, 6) is 0.380. The number of rotatable bonds is 8. The minimum absolute atomic E-state index is 0.391. The van der Waals surface area contributed by atoms with Gasteiger partial charge in [-0.15, -0.1) is 0 Å². The van der Waals surface area contributed by atoms with Gasteiger partial charge >= 0.3 is 5.97 Å². The molecule has 1 N–H and O–H groups in total. The maximum Gasteiger partial charge on any atom is 0.330 e. The summed E-state index contributed by atoms with van der Waals surface area (Å²) >= 11 is 0. The molecule has 24 heavy (non-hydrogen) atoms. The second kappa shape index (κ2) is 8.96. The van der Waals surface area contributed by atoms with Crippen LogP contribution in [0.2, 0.25) is 0 Å². The average Bonchev–Trinajstić information content (AvgIpc) is 2.54. The molecule has 1 rings (SSSR count). The topological polar surface area (TPSA) is 73.9 Å². The number of methoxy groups -OCH3 is 1. The summed E-state index contributed by atoms with van der Waals surface area (Å²) < 4.78 is 15.7. The monoisotopic (exact) mass is 335 g/mol. The van der Waals surface area contributed by atoms with Crippen molar-refractivity contribution < 1.29 is 23.8 Å². The molecule has 132 valence electrons. The molecule has 0 atom stereocenters. The number of nitrogens with one attached hydrogen (secondary N) is 1. The van der Waals surface area contributed by atoms with E-state index in [1.807, 2.05) is 19.9 Å². The quantitative estimate of drug-likeness (QED) is 0.584. The van der Waals surface area contributed by atoms with Crippen molar-refractivity contribution in [2.75, 3.05) is 20.3 Å². The molecule has 1 aromatic rings. The predicted octanol–water partition coefficient (Wildman–Crippen LogP) is 2.57. The summed E-state index contributed by atoms with van der Waals surface area (Å²) in [7, 11) is 1.28. The van der Waals surface area contributed by atoms with Crippen molar-refractivity contribution >= 4 is 18.0 Å². The van der Waals surface area contributed by atoms with Crippen LogP contribution < -0.4 is 14.8 Å². The summed E-state index contributed by atoms with van der Waals surface area (Å²) in [6.07, 6.45) is 3.00. The van der Waals surface area contributed by atoms with E-state index in [-0.39, 0.29) is 0 Å². The van der Waals surface area contributed by atoms with Crippen molar-refractivity contribution in [3.8, 4) is 11.5 Å². The van der Waals surface area contributed by atoms with Crippen LogP contribution in [-0.4, -0.2) is 37.7 Å². The molecule has 0 aromatic heterocycles. The van der Waals surface area contributed by atoms with Crippen molar-refractivity contribution in [3.63, 3.8) is 0 Å². The molecule has 0 radical (unpaired) electrons. The Morgan fingerprint density at radius 2 is 1.75 bits per heavy atom. The van der Waals surface area contributed by atoms with Crippen molar-refractivity contribution in [3.05, 3.63) is 29.8 Å². The summed E-state index contributed by atoms with van der Waals surface area (Å²) in [5.41, 5.74) is -0.307. The Hall–Kier alpha value is -2.50. The Kier molecular flexibility index (Phi) is 7.30. The number of carbonyl (C=O) groups excluding carboxylic acids is 2. The van der Waals surface area contributed by atoms with E-state index in [4.69, 9.17) is 9.47 Å². The minimum Gasteiger partial charge on any atom is -0.490 e. The Morgan fingerprint density at radius 3 is 2.33 bits per heavy atom. The van der Waals surface area contributed by atoms with Gasteiger partial charge in [0.05, 0.1) is 20.3 Å². The van der Waals surface area contributed by atoms with Crippen LogP contribution in [0.15, 0.2) is 24.3 Å². The molecule has 0 aliphatic rings. The second-order valence-corrected chi connectivity index (χ2v) is 5.51. The number of amides is 1. The largest absolute Gasteiger partial charge is 0.490 e. The molecule has 6 heteroatoms. The fourth-order valence-corrected chi connectivity index (χ4v) is 2.00. The molecule has 0 bridgehead atoms. The van der Waals surface area contributed by atoms with Gasteiger partial charge < -0.3 is 19.5 Å². The molecule has 0 aliphatic carbocycles. The van der Waals surface area contributed by atoms with Gasteiger partial charge in [-0.1, -0.05) is 6.07 Å². The summed E-state index contributed by atoms with van der Waals surface area (Å²) in [5, 5.41) is 2.59. The maximum atomic E-state index is 12.0. The van der Waals surface area contributed by atoms with E-state index in [0.717, 1.165) is 5.56 Å². The Bertz CT molecular complexity index is 607. The van der Waals surface area contributed by atoms with Crippen molar-refractivity contribution in [1.82, 2.24) is 5.32 Å². The third-order valence-electron chi connectivity index (χ3n) is 3.13. The van der Waals surface area contributed by atoms with Gasteiger partial charge in [0.1, 0.15) is 5.54 Å². The molecule has 6 nitrogen and oxygen atoms in total. The third-order valence-corrected chi connectivity index (χ3v) is 3.13. The van der Waals surface area contributed by atoms with Crippen molar-refractivity contribution in [1.29, 1.82) is 0 Å². The Balaban J connectivity index is 2.84. The van der Waals surface area contributed by atoms with E-state index < -0.39 is 17.4 Å². The van der Waals surface area contributed by atoms with E-state index in [9.17, 15) is 9.59 Å². The minimum atomic E-state index is -1.09. The van der Waals surface area contributed by atoms with Gasteiger partial charge in [0.25, 0.3) is 0 Å². The average molecular weight is 335 g/mol. The van der Waals surface area contributed by atoms with E-state index in [1.165, 1.54) is 13.2 Å². The van der Waals surface area contributed by atoms with Crippen LogP contribution in [0.4, 0.5) is 0 Å². The lowest BCUT2D eigenvalue weighted by Crippen LogP contribution is -2.49. The highest BCUT2D eigenvalue weighted by atomic mass is 16.5. The zero-order chi connectivity index (χ0) is 18.2. The normalized spacial score (nSPS) is 11.2. The van der Waals surface area contributed by atoms with Gasteiger partial charge in [0.15, 0.2) is 11.5 Å². The van der Waals surface area contributed by atoms with Crippen LogP contribution in [0, 0.1) is 0 Å². The number of carbonyl (C=O) groups is 2. The lowest BCUT2D eigenvalue weighted by atomic mass is 10.1. The molecule has 0 aliphatic heterocycles. The molecule has 1 amide bonds. The number of hydrogen-bond acceptors (Lipinski definition) is 5. The first-order valence-electron chi connectivity index (χ1n) is 7.82. The number of hydrogen-bond donors (Lipinski definition) is 1. The molecule has 1 aromatic carbocycles. The third kappa shape index (κ3) is 5.61. The van der Waals surface area contributed by atoms with E-state index in [1.54, 1.807) is 32.1 Å². The molecule has 0 fully saturated rings. The zero-order valence-electron chi connectivity index (χ0n) is 14.8. The highest BCUT2D eigenvalue weighted by Gasteiger charge is 2.29. The second-order valence-electron chi connectivity index (χ2n) is 5.51. The molecule has 0 saturated carbocycles. The zero-order valence-corrected chi connectivity index (χ0v) is 14.8. The van der Waals surface area contributed by atoms with Crippen LogP contribution in [0.5, 0.6) is 11.5 Å². The molecule has 0 saturated heterocycles. The van der Waals surface area contributed by atoms with Crippen LogP contribution in [0.25, 0.3) is 6.08 Å². The summed E-state index contributed by atoms with van der Waals surface area (Å²) in [4.78, 5) is 23.5. The van der Waals surface area contributed by atoms with E-state index in [2.05, 4.69) is 10.1 Å². The van der Waals surface area contributed by atoms with Gasteiger partial charge in [-0.25, -0.2) is 4.79 Å². The SMILES string of the molecule is CCOc1ccc(/C=C/C(=O)NC(C)(C)C(=O)OC)cc1OCC. The first-order valence-corrected chi connectivity index (χ1v) is 7.82. The molecular weight excluding hydrogens is 310 g/mol. The van der Waals surface area contributed by atoms with Crippen LogP contribution in [0.1, 0.15) is 33.3 Å². The van der Waals surface area contributed by atoms with Gasteiger partial charge in [0.2, 0.25) is 5.91 Å². The van der Waals surface area contributed by atoms with Crippen molar-refractivity contribution in [2.24, 2.45) is 0 Å². The lowest BCUT2D eigenvalue weighted by Gasteiger charge is -2.22. The first-order chi connectivity index (χ1) is 11.3. The smallest absolute Gasteiger partial charge is 0.330 e. The molecule has 0 heterocycles. The number of ether oxygens (including phenoxy) is 3. The molecular formula is C18H25NO5. The van der Waals surface area contributed by atoms with Gasteiger partial charge in [0, 0.05) is 6.08 Å². The Morgan fingerprint density at radius 1 is 1.12 bits per heavy atom. The highest BCUT2D eigenvalue weighted by molar-refractivity contribution is 5.95. The molecule has 0 unspecified atom stereocenters. The van der Waals surface area contributed by atoms with Crippen LogP contribution in [-0.2, 0) is 14.3 Å². The number of esters is 1. The van der Waals surface area contributed by atoms with Crippen LogP contribution >= 0.6 is 0 Å². The fraction of sp³-hybridized carbons (Fsp3) is 0.444. The first kappa shape index (κ1) is 19.5. The van der Waals surface area contributed by atoms with Gasteiger partial charge in [-0.2, -0.15) is 0 Å². The summed E-state index contributed by atoms with van der Waals surface area (Å²) in [6, 6.07) is 5.41. The number of benzene rings is 1. The standard InChI is InChI=1S/C18H25NO5/c1-6-23-14-10-8-13(12-15(14)24-7-2)9-11-16(20)19-18(3,4)17(21)22-5/h8-12H,6-7H2,1-5H3,(H,19,20)/b11-9+. The Labute approximate surface area is 142 Å². The predicted molar refractivity (Wildman–Crippen MR) is 92.1 cm³/mol. The van der Waals surface area contributed by atoms with E-state index in [0.29, 0.717) is 24.7 Å². The lowest BCUT2D eigenvalue weighted by molar-refractivity contribution is -0.148. The van der Waals surface area contributed by atoms with Crippen LogP contribution in [0.3, 0.4) is 0 Å². The van der Waals surface area contributed by atoms with Crippen molar-refractivity contribution in [2.45, 2.75) is 33.2 Å². The van der Waals surface area contributed by atoms with E-state index >= 15 is 0 Å².